The largest absolute Gasteiger partial charge is 0.479 e. The molecule has 0 amide bonds. The third-order valence-electron chi connectivity index (χ3n) is 1.96. The number of aliphatic hydroxyl groups is 1. The van der Waals surface area contributed by atoms with Crippen molar-refractivity contribution < 1.29 is 32.6 Å². The molecule has 0 spiro atoms. The van der Waals surface area contributed by atoms with Crippen molar-refractivity contribution in [3.63, 3.8) is 0 Å². The second-order valence-electron chi connectivity index (χ2n) is 3.02. The van der Waals surface area contributed by atoms with Crippen molar-refractivity contribution in [1.82, 2.24) is 0 Å². The van der Waals surface area contributed by atoms with Crippen molar-refractivity contribution in [3.8, 4) is 0 Å². The molecule has 0 bridgehead atoms. The average molecular weight is 238 g/mol. The number of alkyl halides is 3. The molecule has 3 nitrogen and oxygen atoms in total. The van der Waals surface area contributed by atoms with Gasteiger partial charge in [0.1, 0.15) is 5.82 Å². The fourth-order valence-electron chi connectivity index (χ4n) is 1.12. The minimum absolute atomic E-state index is 0.321. The summed E-state index contributed by atoms with van der Waals surface area (Å²) in [6, 6.07) is 2.72. The van der Waals surface area contributed by atoms with Gasteiger partial charge in [0, 0.05) is 5.56 Å². The summed E-state index contributed by atoms with van der Waals surface area (Å²) < 4.78 is 49.9. The fraction of sp³-hybridized carbons (Fsp3) is 0.222. The Labute approximate surface area is 86.9 Å². The van der Waals surface area contributed by atoms with Crippen LogP contribution in [0.5, 0.6) is 0 Å². The topological polar surface area (TPSA) is 57.5 Å². The van der Waals surface area contributed by atoms with E-state index in [9.17, 15) is 22.4 Å². The SMILES string of the molecule is O=C(O)C(O)(c1cccc(F)c1)C(F)(F)F. The van der Waals surface area contributed by atoms with Crippen LogP contribution in [0, 0.1) is 5.82 Å². The fourth-order valence-corrected chi connectivity index (χ4v) is 1.12. The van der Waals surface area contributed by atoms with Gasteiger partial charge < -0.3 is 10.2 Å². The van der Waals surface area contributed by atoms with E-state index in [-0.39, 0.29) is 0 Å². The number of carboxylic acids is 1. The molecule has 16 heavy (non-hydrogen) atoms. The number of aliphatic carboxylic acids is 1. The number of benzene rings is 1. The maximum atomic E-state index is 12.7. The third kappa shape index (κ3) is 1.85. The van der Waals surface area contributed by atoms with Crippen LogP contribution in [0.2, 0.25) is 0 Å². The van der Waals surface area contributed by atoms with Crippen molar-refractivity contribution in [2.75, 3.05) is 0 Å². The number of hydrogen-bond donors (Lipinski definition) is 2. The van der Waals surface area contributed by atoms with Gasteiger partial charge in [-0.2, -0.15) is 13.2 Å². The summed E-state index contributed by atoms with van der Waals surface area (Å²) in [5.74, 6) is -3.58. The van der Waals surface area contributed by atoms with E-state index in [2.05, 4.69) is 0 Å². The zero-order valence-corrected chi connectivity index (χ0v) is 7.62. The monoisotopic (exact) mass is 238 g/mol. The van der Waals surface area contributed by atoms with Gasteiger partial charge in [-0.1, -0.05) is 12.1 Å². The lowest BCUT2D eigenvalue weighted by molar-refractivity contribution is -0.265. The first-order valence-corrected chi connectivity index (χ1v) is 3.98. The van der Waals surface area contributed by atoms with Crippen molar-refractivity contribution in [2.45, 2.75) is 11.8 Å². The Kier molecular flexibility index (Phi) is 2.91. The van der Waals surface area contributed by atoms with E-state index >= 15 is 0 Å². The Balaban J connectivity index is 3.39. The highest BCUT2D eigenvalue weighted by atomic mass is 19.4. The molecular weight excluding hydrogens is 232 g/mol. The van der Waals surface area contributed by atoms with Crippen LogP contribution in [-0.2, 0) is 10.4 Å². The van der Waals surface area contributed by atoms with E-state index in [1.54, 1.807) is 0 Å². The first-order chi connectivity index (χ1) is 7.19. The van der Waals surface area contributed by atoms with Crippen LogP contribution in [0.15, 0.2) is 24.3 Å². The van der Waals surface area contributed by atoms with E-state index < -0.39 is 29.1 Å². The van der Waals surface area contributed by atoms with Gasteiger partial charge in [-0.05, 0) is 12.1 Å². The number of carboxylic acid groups (broad SMARTS) is 1. The van der Waals surface area contributed by atoms with Crippen molar-refractivity contribution >= 4 is 5.97 Å². The lowest BCUT2D eigenvalue weighted by atomic mass is 9.93. The van der Waals surface area contributed by atoms with Crippen LogP contribution >= 0.6 is 0 Å². The van der Waals surface area contributed by atoms with E-state index in [0.717, 1.165) is 12.1 Å². The molecular formula is C9H6F4O3. The molecule has 1 aromatic carbocycles. The maximum absolute atomic E-state index is 12.7. The van der Waals surface area contributed by atoms with Crippen LogP contribution in [0.25, 0.3) is 0 Å². The normalized spacial score (nSPS) is 15.6. The van der Waals surface area contributed by atoms with Gasteiger partial charge in [-0.25, -0.2) is 9.18 Å². The zero-order chi connectivity index (χ0) is 12.6. The van der Waals surface area contributed by atoms with Crippen LogP contribution in [-0.4, -0.2) is 22.4 Å². The highest BCUT2D eigenvalue weighted by molar-refractivity contribution is 5.80. The Morgan fingerprint density at radius 2 is 1.81 bits per heavy atom. The standard InChI is InChI=1S/C9H6F4O3/c10-6-3-1-2-5(4-6)8(16,7(14)15)9(11,12)13/h1-4,16H,(H,14,15). The van der Waals surface area contributed by atoms with Crippen LogP contribution in [0.4, 0.5) is 17.6 Å². The lowest BCUT2D eigenvalue weighted by Crippen LogP contribution is -2.49. The van der Waals surface area contributed by atoms with Gasteiger partial charge in [0.2, 0.25) is 0 Å². The smallest absolute Gasteiger partial charge is 0.432 e. The van der Waals surface area contributed by atoms with Crippen molar-refractivity contribution in [3.05, 3.63) is 35.6 Å². The third-order valence-corrected chi connectivity index (χ3v) is 1.96. The summed E-state index contributed by atoms with van der Waals surface area (Å²) in [6.07, 6.45) is -5.44. The van der Waals surface area contributed by atoms with Gasteiger partial charge in [0.25, 0.3) is 5.60 Å². The summed E-state index contributed by atoms with van der Waals surface area (Å²) in [7, 11) is 0. The van der Waals surface area contributed by atoms with Gasteiger partial charge >= 0.3 is 12.1 Å². The van der Waals surface area contributed by atoms with E-state index in [1.165, 1.54) is 0 Å². The molecule has 0 saturated heterocycles. The summed E-state index contributed by atoms with van der Waals surface area (Å²) in [4.78, 5) is 10.5. The molecule has 1 aromatic rings. The Bertz CT molecular complexity index is 415. The molecule has 0 aliphatic carbocycles. The highest BCUT2D eigenvalue weighted by Gasteiger charge is 2.61. The second kappa shape index (κ2) is 3.75. The highest BCUT2D eigenvalue weighted by Crippen LogP contribution is 2.39. The Hall–Kier alpha value is -1.63. The van der Waals surface area contributed by atoms with Gasteiger partial charge in [-0.3, -0.25) is 0 Å². The average Bonchev–Trinajstić information content (AvgIpc) is 2.14. The molecule has 1 atom stereocenters. The molecule has 1 unspecified atom stereocenters. The van der Waals surface area contributed by atoms with E-state index in [4.69, 9.17) is 10.2 Å². The number of hydrogen-bond acceptors (Lipinski definition) is 2. The lowest BCUT2D eigenvalue weighted by Gasteiger charge is -2.26. The van der Waals surface area contributed by atoms with Crippen molar-refractivity contribution in [2.24, 2.45) is 0 Å². The zero-order valence-electron chi connectivity index (χ0n) is 7.62. The molecule has 1 rings (SSSR count). The minimum atomic E-state index is -5.44. The molecule has 0 aliphatic rings. The number of rotatable bonds is 2. The predicted octanol–water partition coefficient (Wildman–Crippen LogP) is 1.66. The first kappa shape index (κ1) is 12.4. The quantitative estimate of drug-likeness (QED) is 0.770. The van der Waals surface area contributed by atoms with E-state index in [1.807, 2.05) is 0 Å². The number of halogens is 4. The van der Waals surface area contributed by atoms with Crippen LogP contribution in [0.1, 0.15) is 5.56 Å². The molecule has 0 fully saturated rings. The number of carbonyl (C=O) groups is 1. The Morgan fingerprint density at radius 1 is 1.25 bits per heavy atom. The maximum Gasteiger partial charge on any atom is 0.432 e. The molecule has 7 heteroatoms. The predicted molar refractivity (Wildman–Crippen MR) is 44.0 cm³/mol. The second-order valence-corrected chi connectivity index (χ2v) is 3.02. The van der Waals surface area contributed by atoms with Crippen molar-refractivity contribution in [1.29, 1.82) is 0 Å². The van der Waals surface area contributed by atoms with Gasteiger partial charge in [0.15, 0.2) is 0 Å². The van der Waals surface area contributed by atoms with Gasteiger partial charge in [0.05, 0.1) is 0 Å². The molecule has 0 aromatic heterocycles. The minimum Gasteiger partial charge on any atom is -0.479 e. The molecule has 0 heterocycles. The summed E-state index contributed by atoms with van der Waals surface area (Å²) >= 11 is 0. The Morgan fingerprint density at radius 3 is 2.19 bits per heavy atom. The van der Waals surface area contributed by atoms with E-state index in [0.29, 0.717) is 12.1 Å². The molecule has 0 saturated carbocycles. The van der Waals surface area contributed by atoms with Crippen LogP contribution in [0.3, 0.4) is 0 Å². The molecule has 2 N–H and O–H groups in total. The molecule has 0 aliphatic heterocycles. The van der Waals surface area contributed by atoms with Crippen LogP contribution < -0.4 is 0 Å². The summed E-state index contributed by atoms with van der Waals surface area (Å²) in [5.41, 5.74) is -5.18. The molecule has 0 radical (unpaired) electrons. The van der Waals surface area contributed by atoms with Gasteiger partial charge in [-0.15, -0.1) is 0 Å². The molecule has 88 valence electrons. The first-order valence-electron chi connectivity index (χ1n) is 3.98. The summed E-state index contributed by atoms with van der Waals surface area (Å²) in [5, 5.41) is 17.5. The summed E-state index contributed by atoms with van der Waals surface area (Å²) in [6.45, 7) is 0.